The largest absolute Gasteiger partial charge is 0.481 e. The molecule has 1 aliphatic heterocycles. The molecule has 2 N–H and O–H groups in total. The van der Waals surface area contributed by atoms with Gasteiger partial charge in [-0.2, -0.15) is 17.0 Å². The van der Waals surface area contributed by atoms with Crippen LogP contribution in [0.3, 0.4) is 0 Å². The van der Waals surface area contributed by atoms with Crippen LogP contribution in [-0.2, 0) is 19.8 Å². The van der Waals surface area contributed by atoms with Gasteiger partial charge < -0.3 is 10.4 Å². The summed E-state index contributed by atoms with van der Waals surface area (Å²) in [5.41, 5.74) is 0. The van der Waals surface area contributed by atoms with E-state index in [-0.39, 0.29) is 31.5 Å². The topological polar surface area (TPSA) is 107 Å². The maximum Gasteiger partial charge on any atom is 0.304 e. The molecule has 1 atom stereocenters. The van der Waals surface area contributed by atoms with Gasteiger partial charge in [0.1, 0.15) is 0 Å². The summed E-state index contributed by atoms with van der Waals surface area (Å²) in [7, 11) is -2.31. The Morgan fingerprint density at radius 1 is 1.45 bits per heavy atom. The van der Waals surface area contributed by atoms with Gasteiger partial charge in [-0.3, -0.25) is 9.59 Å². The van der Waals surface area contributed by atoms with E-state index in [0.717, 1.165) is 10.7 Å². The van der Waals surface area contributed by atoms with Gasteiger partial charge in [0.05, 0.1) is 6.42 Å². The first-order valence-electron chi connectivity index (χ1n) is 6.43. The van der Waals surface area contributed by atoms with Gasteiger partial charge in [0, 0.05) is 39.6 Å². The first kappa shape index (κ1) is 16.9. The van der Waals surface area contributed by atoms with E-state index >= 15 is 0 Å². The Kier molecular flexibility index (Phi) is 5.90. The first-order chi connectivity index (χ1) is 9.23. The molecule has 0 aromatic rings. The number of aliphatic carboxylic acids is 1. The zero-order valence-corrected chi connectivity index (χ0v) is 12.5. The van der Waals surface area contributed by atoms with E-state index in [0.29, 0.717) is 13.0 Å². The molecule has 20 heavy (non-hydrogen) atoms. The summed E-state index contributed by atoms with van der Waals surface area (Å²) in [5, 5.41) is 11.3. The van der Waals surface area contributed by atoms with Gasteiger partial charge in [-0.25, -0.2) is 0 Å². The number of nitrogens with zero attached hydrogens (tertiary/aromatic N) is 2. The van der Waals surface area contributed by atoms with E-state index in [2.05, 4.69) is 5.32 Å². The Bertz CT molecular complexity index is 465. The van der Waals surface area contributed by atoms with Gasteiger partial charge in [0.15, 0.2) is 0 Å². The fourth-order valence-electron chi connectivity index (χ4n) is 2.12. The number of carboxylic acid groups (broad SMARTS) is 1. The smallest absolute Gasteiger partial charge is 0.304 e. The van der Waals surface area contributed by atoms with Crippen molar-refractivity contribution in [2.24, 2.45) is 0 Å². The standard InChI is InChI=1S/C11H21N3O5S/c1-9(15)12-10-4-3-6-14(8-10)20(18,19)13(2)7-5-11(16)17/h10H,3-8H2,1-2H3,(H,12,15)(H,16,17). The molecule has 0 aliphatic carbocycles. The summed E-state index contributed by atoms with van der Waals surface area (Å²) in [5.74, 6) is -1.23. The number of rotatable bonds is 6. The zero-order valence-electron chi connectivity index (χ0n) is 11.7. The van der Waals surface area contributed by atoms with Crippen molar-refractivity contribution in [3.05, 3.63) is 0 Å². The van der Waals surface area contributed by atoms with Gasteiger partial charge in [-0.15, -0.1) is 0 Å². The molecule has 1 fully saturated rings. The molecule has 1 unspecified atom stereocenters. The second-order valence-electron chi connectivity index (χ2n) is 4.87. The lowest BCUT2D eigenvalue weighted by Gasteiger charge is -2.34. The number of nitrogens with one attached hydrogen (secondary N) is 1. The molecule has 1 aliphatic rings. The summed E-state index contributed by atoms with van der Waals surface area (Å²) >= 11 is 0. The van der Waals surface area contributed by atoms with E-state index in [1.165, 1.54) is 18.3 Å². The van der Waals surface area contributed by atoms with Crippen LogP contribution in [0.4, 0.5) is 0 Å². The average molecular weight is 307 g/mol. The van der Waals surface area contributed by atoms with Crippen molar-refractivity contribution in [1.82, 2.24) is 13.9 Å². The fraction of sp³-hybridized carbons (Fsp3) is 0.818. The van der Waals surface area contributed by atoms with Crippen LogP contribution in [0, 0.1) is 0 Å². The number of hydrogen-bond acceptors (Lipinski definition) is 4. The molecule has 0 radical (unpaired) electrons. The van der Waals surface area contributed by atoms with E-state index in [9.17, 15) is 18.0 Å². The molecule has 0 bridgehead atoms. The van der Waals surface area contributed by atoms with Crippen molar-refractivity contribution in [1.29, 1.82) is 0 Å². The van der Waals surface area contributed by atoms with Gasteiger partial charge in [-0.05, 0) is 12.8 Å². The van der Waals surface area contributed by atoms with Crippen molar-refractivity contribution in [2.75, 3.05) is 26.7 Å². The second-order valence-corrected chi connectivity index (χ2v) is 6.91. The second kappa shape index (κ2) is 7.00. The molecule has 116 valence electrons. The van der Waals surface area contributed by atoms with E-state index in [4.69, 9.17) is 5.11 Å². The Labute approximate surface area is 118 Å². The lowest BCUT2D eigenvalue weighted by atomic mass is 10.1. The quantitative estimate of drug-likeness (QED) is 0.670. The summed E-state index contributed by atoms with van der Waals surface area (Å²) < 4.78 is 26.9. The number of amides is 1. The minimum absolute atomic E-state index is 0.0705. The maximum absolute atomic E-state index is 12.3. The number of carbonyl (C=O) groups is 2. The third-order valence-corrected chi connectivity index (χ3v) is 5.11. The fourth-order valence-corrected chi connectivity index (χ4v) is 3.57. The van der Waals surface area contributed by atoms with Crippen LogP contribution >= 0.6 is 0 Å². The van der Waals surface area contributed by atoms with Gasteiger partial charge in [-0.1, -0.05) is 0 Å². The van der Waals surface area contributed by atoms with Crippen molar-refractivity contribution >= 4 is 22.1 Å². The highest BCUT2D eigenvalue weighted by Crippen LogP contribution is 2.16. The Hall–Kier alpha value is -1.19. The number of carbonyl (C=O) groups excluding carboxylic acids is 1. The number of piperidine rings is 1. The predicted molar refractivity (Wildman–Crippen MR) is 72.2 cm³/mol. The van der Waals surface area contributed by atoms with E-state index < -0.39 is 16.2 Å². The molecule has 1 heterocycles. The maximum atomic E-state index is 12.3. The Morgan fingerprint density at radius 3 is 2.65 bits per heavy atom. The van der Waals surface area contributed by atoms with Crippen molar-refractivity contribution in [2.45, 2.75) is 32.2 Å². The molecule has 9 heteroatoms. The van der Waals surface area contributed by atoms with Crippen LogP contribution in [0.1, 0.15) is 26.2 Å². The van der Waals surface area contributed by atoms with Crippen LogP contribution in [0.25, 0.3) is 0 Å². The summed E-state index contributed by atoms with van der Waals surface area (Å²) in [4.78, 5) is 21.5. The molecule has 1 saturated heterocycles. The predicted octanol–water partition coefficient (Wildman–Crippen LogP) is -0.762. The molecular weight excluding hydrogens is 286 g/mol. The van der Waals surface area contributed by atoms with Crippen molar-refractivity contribution in [3.63, 3.8) is 0 Å². The van der Waals surface area contributed by atoms with Gasteiger partial charge in [0.25, 0.3) is 10.2 Å². The molecule has 0 spiro atoms. The van der Waals surface area contributed by atoms with Crippen molar-refractivity contribution in [3.8, 4) is 0 Å². The number of hydrogen-bond donors (Lipinski definition) is 2. The summed E-state index contributed by atoms with van der Waals surface area (Å²) in [6.45, 7) is 1.93. The highest BCUT2D eigenvalue weighted by Gasteiger charge is 2.32. The molecule has 8 nitrogen and oxygen atoms in total. The zero-order chi connectivity index (χ0) is 15.3. The highest BCUT2D eigenvalue weighted by atomic mass is 32.2. The third-order valence-electron chi connectivity index (χ3n) is 3.15. The van der Waals surface area contributed by atoms with Crippen molar-refractivity contribution < 1.29 is 23.1 Å². The highest BCUT2D eigenvalue weighted by molar-refractivity contribution is 7.86. The first-order valence-corrected chi connectivity index (χ1v) is 7.83. The SMILES string of the molecule is CC(=O)NC1CCCN(S(=O)(=O)N(C)CCC(=O)O)C1. The van der Waals surface area contributed by atoms with Crippen LogP contribution in [-0.4, -0.2) is 66.7 Å². The summed E-state index contributed by atoms with van der Waals surface area (Å²) in [6.07, 6.45) is 1.17. The molecule has 0 aromatic heterocycles. The van der Waals surface area contributed by atoms with Crippen LogP contribution in [0.2, 0.25) is 0 Å². The summed E-state index contributed by atoms with van der Waals surface area (Å²) in [6, 6.07) is -0.191. The normalized spacial score (nSPS) is 20.9. The molecule has 1 rings (SSSR count). The van der Waals surface area contributed by atoms with Crippen LogP contribution in [0.5, 0.6) is 0 Å². The molecular formula is C11H21N3O5S. The van der Waals surface area contributed by atoms with E-state index in [1.807, 2.05) is 0 Å². The molecule has 0 saturated carbocycles. The van der Waals surface area contributed by atoms with Gasteiger partial charge in [0.2, 0.25) is 5.91 Å². The van der Waals surface area contributed by atoms with Crippen LogP contribution < -0.4 is 5.32 Å². The third kappa shape index (κ3) is 4.73. The minimum atomic E-state index is -3.67. The van der Waals surface area contributed by atoms with E-state index in [1.54, 1.807) is 0 Å². The Balaban J connectivity index is 2.66. The Morgan fingerprint density at radius 2 is 2.10 bits per heavy atom. The number of carboxylic acids is 1. The molecule has 0 aromatic carbocycles. The average Bonchev–Trinajstić information content (AvgIpc) is 2.35. The monoisotopic (exact) mass is 307 g/mol. The molecule has 1 amide bonds. The lowest BCUT2D eigenvalue weighted by molar-refractivity contribution is -0.137. The minimum Gasteiger partial charge on any atom is -0.481 e. The lowest BCUT2D eigenvalue weighted by Crippen LogP contribution is -2.52. The van der Waals surface area contributed by atoms with Crippen LogP contribution in [0.15, 0.2) is 0 Å². The van der Waals surface area contributed by atoms with Gasteiger partial charge >= 0.3 is 5.97 Å².